The van der Waals surface area contributed by atoms with Gasteiger partial charge < -0.3 is 15.4 Å². The molecule has 5 nitrogen and oxygen atoms in total. The summed E-state index contributed by atoms with van der Waals surface area (Å²) in [6.45, 7) is 1.42. The number of nitrogens with one attached hydrogen (secondary N) is 2. The maximum absolute atomic E-state index is 11.9. The zero-order valence-electron chi connectivity index (χ0n) is 11.1. The van der Waals surface area contributed by atoms with Crippen LogP contribution in [0, 0.1) is 0 Å². The molecule has 0 radical (unpaired) electrons. The van der Waals surface area contributed by atoms with Gasteiger partial charge in [-0.2, -0.15) is 11.3 Å². The van der Waals surface area contributed by atoms with E-state index in [4.69, 9.17) is 4.74 Å². The average Bonchev–Trinajstić information content (AvgIpc) is 2.94. The molecular weight excluding hydrogens is 276 g/mol. The molecule has 2 aromatic rings. The molecule has 2 amide bonds. The topological polar surface area (TPSA) is 67.4 Å². The van der Waals surface area contributed by atoms with Crippen molar-refractivity contribution in [1.29, 1.82) is 0 Å². The van der Waals surface area contributed by atoms with Crippen molar-refractivity contribution in [1.82, 2.24) is 0 Å². The summed E-state index contributed by atoms with van der Waals surface area (Å²) in [7, 11) is 1.51. The number of ether oxygens (including phenoxy) is 1. The quantitative estimate of drug-likeness (QED) is 0.909. The molecule has 104 valence electrons. The summed E-state index contributed by atoms with van der Waals surface area (Å²) in [5.41, 5.74) is 1.78. The molecule has 0 saturated carbocycles. The Labute approximate surface area is 120 Å². The largest absolute Gasteiger partial charge is 0.494 e. The van der Waals surface area contributed by atoms with Crippen molar-refractivity contribution >= 4 is 34.5 Å². The van der Waals surface area contributed by atoms with E-state index in [9.17, 15) is 9.59 Å². The normalized spacial score (nSPS) is 9.90. The van der Waals surface area contributed by atoms with Crippen molar-refractivity contribution < 1.29 is 14.3 Å². The summed E-state index contributed by atoms with van der Waals surface area (Å²) in [5.74, 6) is 0.127. The fraction of sp³-hybridized carbons (Fsp3) is 0.143. The second kappa shape index (κ2) is 6.21. The SMILES string of the molecule is COc1cc(NC(=O)c2ccsc2)ccc1NC(C)=O. The number of methoxy groups -OCH3 is 1. The van der Waals surface area contributed by atoms with Crippen molar-refractivity contribution in [3.63, 3.8) is 0 Å². The van der Waals surface area contributed by atoms with E-state index in [1.54, 1.807) is 29.6 Å². The van der Waals surface area contributed by atoms with Gasteiger partial charge in [0.15, 0.2) is 0 Å². The predicted molar refractivity (Wildman–Crippen MR) is 79.6 cm³/mol. The molecule has 20 heavy (non-hydrogen) atoms. The summed E-state index contributed by atoms with van der Waals surface area (Å²) in [6, 6.07) is 6.81. The van der Waals surface area contributed by atoms with E-state index in [0.29, 0.717) is 22.7 Å². The van der Waals surface area contributed by atoms with Gasteiger partial charge >= 0.3 is 0 Å². The van der Waals surface area contributed by atoms with Crippen LogP contribution in [0.3, 0.4) is 0 Å². The molecular formula is C14H14N2O3S. The van der Waals surface area contributed by atoms with E-state index < -0.39 is 0 Å². The van der Waals surface area contributed by atoms with Crippen LogP contribution in [-0.2, 0) is 4.79 Å². The highest BCUT2D eigenvalue weighted by molar-refractivity contribution is 7.08. The lowest BCUT2D eigenvalue weighted by molar-refractivity contribution is -0.114. The number of benzene rings is 1. The number of carbonyl (C=O) groups excluding carboxylic acids is 2. The standard InChI is InChI=1S/C14H14N2O3S/c1-9(17)15-12-4-3-11(7-13(12)19-2)16-14(18)10-5-6-20-8-10/h3-8H,1-2H3,(H,15,17)(H,16,18). The van der Waals surface area contributed by atoms with Gasteiger partial charge in [-0.3, -0.25) is 9.59 Å². The molecule has 1 heterocycles. The van der Waals surface area contributed by atoms with E-state index in [1.807, 2.05) is 5.38 Å². The molecule has 0 aliphatic rings. The Balaban J connectivity index is 2.17. The summed E-state index contributed by atoms with van der Waals surface area (Å²) >= 11 is 1.46. The van der Waals surface area contributed by atoms with Gasteiger partial charge in [0.2, 0.25) is 5.91 Å². The predicted octanol–water partition coefficient (Wildman–Crippen LogP) is 2.97. The van der Waals surface area contributed by atoms with Gasteiger partial charge in [0, 0.05) is 24.1 Å². The second-order valence-corrected chi connectivity index (χ2v) is 4.84. The van der Waals surface area contributed by atoms with E-state index >= 15 is 0 Å². The molecule has 0 aliphatic heterocycles. The smallest absolute Gasteiger partial charge is 0.256 e. The van der Waals surface area contributed by atoms with Crippen LogP contribution in [0.1, 0.15) is 17.3 Å². The fourth-order valence-electron chi connectivity index (χ4n) is 1.66. The molecule has 0 unspecified atom stereocenters. The first-order valence-electron chi connectivity index (χ1n) is 5.89. The molecule has 0 fully saturated rings. The minimum absolute atomic E-state index is 0.180. The first kappa shape index (κ1) is 14.1. The first-order chi connectivity index (χ1) is 9.60. The van der Waals surface area contributed by atoms with Crippen molar-refractivity contribution in [2.45, 2.75) is 6.92 Å². The highest BCUT2D eigenvalue weighted by Crippen LogP contribution is 2.28. The molecule has 0 spiro atoms. The summed E-state index contributed by atoms with van der Waals surface area (Å²) in [6.07, 6.45) is 0. The van der Waals surface area contributed by atoms with Crippen LogP contribution in [0.4, 0.5) is 11.4 Å². The first-order valence-corrected chi connectivity index (χ1v) is 6.83. The summed E-state index contributed by atoms with van der Waals surface area (Å²) in [5, 5.41) is 9.05. The minimum atomic E-state index is -0.182. The highest BCUT2D eigenvalue weighted by Gasteiger charge is 2.09. The monoisotopic (exact) mass is 290 g/mol. The molecule has 0 saturated heterocycles. The number of thiophene rings is 1. The number of rotatable bonds is 4. The van der Waals surface area contributed by atoms with Gasteiger partial charge in [-0.1, -0.05) is 0 Å². The van der Waals surface area contributed by atoms with E-state index in [1.165, 1.54) is 25.4 Å². The van der Waals surface area contributed by atoms with Gasteiger partial charge in [-0.25, -0.2) is 0 Å². The van der Waals surface area contributed by atoms with Gasteiger partial charge in [-0.05, 0) is 23.6 Å². The lowest BCUT2D eigenvalue weighted by atomic mass is 10.2. The van der Waals surface area contributed by atoms with Crippen molar-refractivity contribution in [2.24, 2.45) is 0 Å². The zero-order chi connectivity index (χ0) is 14.5. The Bertz CT molecular complexity index is 623. The van der Waals surface area contributed by atoms with Gasteiger partial charge in [0.25, 0.3) is 5.91 Å². The van der Waals surface area contributed by atoms with Gasteiger partial charge in [0.1, 0.15) is 5.75 Å². The molecule has 2 N–H and O–H groups in total. The molecule has 1 aromatic heterocycles. The lowest BCUT2D eigenvalue weighted by Crippen LogP contribution is -2.11. The third-order valence-electron chi connectivity index (χ3n) is 2.55. The summed E-state index contributed by atoms with van der Waals surface area (Å²) in [4.78, 5) is 23.0. The van der Waals surface area contributed by atoms with Crippen LogP contribution in [0.2, 0.25) is 0 Å². The number of carbonyl (C=O) groups is 2. The Kier molecular flexibility index (Phi) is 4.37. The van der Waals surface area contributed by atoms with Gasteiger partial charge in [0.05, 0.1) is 18.4 Å². The van der Waals surface area contributed by atoms with Crippen LogP contribution in [0.25, 0.3) is 0 Å². The molecule has 0 bridgehead atoms. The number of hydrogen-bond acceptors (Lipinski definition) is 4. The van der Waals surface area contributed by atoms with Crippen LogP contribution >= 0.6 is 11.3 Å². The van der Waals surface area contributed by atoms with Crippen molar-refractivity contribution in [2.75, 3.05) is 17.7 Å². The maximum atomic E-state index is 11.9. The molecule has 6 heteroatoms. The molecule has 0 aliphatic carbocycles. The van der Waals surface area contributed by atoms with E-state index in [-0.39, 0.29) is 11.8 Å². The van der Waals surface area contributed by atoms with Crippen molar-refractivity contribution in [3.8, 4) is 5.75 Å². The Morgan fingerprint density at radius 2 is 2.00 bits per heavy atom. The second-order valence-electron chi connectivity index (χ2n) is 4.06. The van der Waals surface area contributed by atoms with Crippen LogP contribution in [0.15, 0.2) is 35.0 Å². The summed E-state index contributed by atoms with van der Waals surface area (Å²) < 4.78 is 5.20. The lowest BCUT2D eigenvalue weighted by Gasteiger charge is -2.11. The van der Waals surface area contributed by atoms with E-state index in [0.717, 1.165) is 0 Å². The Hall–Kier alpha value is -2.34. The Morgan fingerprint density at radius 3 is 2.60 bits per heavy atom. The maximum Gasteiger partial charge on any atom is 0.256 e. The van der Waals surface area contributed by atoms with Crippen LogP contribution in [-0.4, -0.2) is 18.9 Å². The fourth-order valence-corrected chi connectivity index (χ4v) is 2.29. The third kappa shape index (κ3) is 3.36. The number of anilines is 2. The van der Waals surface area contributed by atoms with Crippen LogP contribution < -0.4 is 15.4 Å². The van der Waals surface area contributed by atoms with E-state index in [2.05, 4.69) is 10.6 Å². The number of hydrogen-bond donors (Lipinski definition) is 2. The highest BCUT2D eigenvalue weighted by atomic mass is 32.1. The average molecular weight is 290 g/mol. The molecule has 2 rings (SSSR count). The number of amides is 2. The molecule has 1 aromatic carbocycles. The zero-order valence-corrected chi connectivity index (χ0v) is 11.9. The Morgan fingerprint density at radius 1 is 1.20 bits per heavy atom. The molecule has 0 atom stereocenters. The van der Waals surface area contributed by atoms with Gasteiger partial charge in [-0.15, -0.1) is 0 Å². The van der Waals surface area contributed by atoms with Crippen LogP contribution in [0.5, 0.6) is 5.75 Å². The van der Waals surface area contributed by atoms with Crippen molar-refractivity contribution in [3.05, 3.63) is 40.6 Å². The third-order valence-corrected chi connectivity index (χ3v) is 3.24. The minimum Gasteiger partial charge on any atom is -0.494 e.